The van der Waals surface area contributed by atoms with Crippen molar-refractivity contribution >= 4 is 11.6 Å². The molecule has 2 aromatic carbocycles. The van der Waals surface area contributed by atoms with Gasteiger partial charge in [0, 0.05) is 48.9 Å². The quantitative estimate of drug-likeness (QED) is 0.590. The monoisotopic (exact) mass is 466 g/mol. The first-order valence-electron chi connectivity index (χ1n) is 11.1. The molecule has 2 aromatic rings. The lowest BCUT2D eigenvalue weighted by Crippen LogP contribution is -2.42. The predicted octanol–water partition coefficient (Wildman–Crippen LogP) is 2.43. The molecule has 0 aliphatic carbocycles. The molecular formula is C26H28F2N4O2. The third kappa shape index (κ3) is 4.97. The summed E-state index contributed by atoms with van der Waals surface area (Å²) >= 11 is 0. The lowest BCUT2D eigenvalue weighted by atomic mass is 10.0. The first kappa shape index (κ1) is 23.9. The van der Waals surface area contributed by atoms with E-state index in [1.165, 1.54) is 12.1 Å². The second-order valence-electron chi connectivity index (χ2n) is 9.21. The Morgan fingerprint density at radius 1 is 1.21 bits per heavy atom. The average Bonchev–Trinajstić information content (AvgIpc) is 3.28. The van der Waals surface area contributed by atoms with Crippen molar-refractivity contribution in [3.05, 3.63) is 75.9 Å². The minimum atomic E-state index is -1.11. The van der Waals surface area contributed by atoms with Crippen LogP contribution in [0.2, 0.25) is 0 Å². The highest BCUT2D eigenvalue weighted by atomic mass is 19.1. The molecule has 0 bridgehead atoms. The van der Waals surface area contributed by atoms with Crippen LogP contribution >= 0.6 is 0 Å². The largest absolute Gasteiger partial charge is 0.378 e. The number of amides is 1. The number of hydrazine groups is 1. The number of fused-ring (bicyclic) bond motifs is 1. The normalized spacial score (nSPS) is 16.6. The number of rotatable bonds is 5. The van der Waals surface area contributed by atoms with Crippen molar-refractivity contribution < 1.29 is 18.7 Å². The Hall–Kier alpha value is -3.25. The van der Waals surface area contributed by atoms with Crippen molar-refractivity contribution in [2.45, 2.75) is 38.5 Å². The maximum absolute atomic E-state index is 13.6. The Bertz CT molecular complexity index is 1200. The molecular weight excluding hydrogens is 438 g/mol. The summed E-state index contributed by atoms with van der Waals surface area (Å²) in [6.07, 6.45) is 0.256. The standard InChI is InChI=1S/C26H28F2N4O2/c1-26(2,34)7-6-18-14-30-31(3)24(18)17-4-5-23-19(11-17)15-32(25(23)33)22(13-29)10-16-8-20(27)12-21(28)9-16/h4-5,8-9,11-12,22,30,34H,10,13-15,29H2,1-3H3/t22-/m0/s1. The van der Waals surface area contributed by atoms with E-state index in [1.807, 2.05) is 24.2 Å². The van der Waals surface area contributed by atoms with Gasteiger partial charge in [0.15, 0.2) is 0 Å². The van der Waals surface area contributed by atoms with E-state index < -0.39 is 23.3 Å². The van der Waals surface area contributed by atoms with Crippen LogP contribution in [0.4, 0.5) is 8.78 Å². The minimum Gasteiger partial charge on any atom is -0.378 e. The van der Waals surface area contributed by atoms with Gasteiger partial charge < -0.3 is 20.7 Å². The molecule has 34 heavy (non-hydrogen) atoms. The lowest BCUT2D eigenvalue weighted by molar-refractivity contribution is 0.0708. The number of nitrogens with zero attached hydrogens (tertiary/aromatic N) is 2. The molecule has 4 rings (SSSR count). The zero-order valence-electron chi connectivity index (χ0n) is 19.5. The molecule has 0 unspecified atom stereocenters. The van der Waals surface area contributed by atoms with Gasteiger partial charge in [0.25, 0.3) is 5.91 Å². The highest BCUT2D eigenvalue weighted by Gasteiger charge is 2.33. The van der Waals surface area contributed by atoms with Crippen molar-refractivity contribution in [1.82, 2.24) is 15.3 Å². The van der Waals surface area contributed by atoms with Crippen LogP contribution in [-0.2, 0) is 13.0 Å². The number of hydrogen-bond donors (Lipinski definition) is 3. The number of nitrogens with two attached hydrogens (primary N) is 1. The number of carbonyl (C=O) groups is 1. The summed E-state index contributed by atoms with van der Waals surface area (Å²) in [5.41, 5.74) is 12.6. The first-order chi connectivity index (χ1) is 16.1. The van der Waals surface area contributed by atoms with Gasteiger partial charge >= 0.3 is 0 Å². The second kappa shape index (κ2) is 9.18. The molecule has 2 aliphatic heterocycles. The number of benzene rings is 2. The van der Waals surface area contributed by atoms with E-state index in [2.05, 4.69) is 17.3 Å². The van der Waals surface area contributed by atoms with Gasteiger partial charge in [-0.15, -0.1) is 0 Å². The van der Waals surface area contributed by atoms with Crippen LogP contribution in [-0.4, -0.2) is 52.7 Å². The Kier molecular flexibility index (Phi) is 6.45. The summed E-state index contributed by atoms with van der Waals surface area (Å²) in [7, 11) is 1.89. The van der Waals surface area contributed by atoms with E-state index in [9.17, 15) is 18.7 Å². The van der Waals surface area contributed by atoms with Crippen LogP contribution < -0.4 is 11.2 Å². The Morgan fingerprint density at radius 2 is 1.91 bits per heavy atom. The van der Waals surface area contributed by atoms with Crippen LogP contribution in [0, 0.1) is 23.5 Å². The molecule has 0 fully saturated rings. The molecule has 0 spiro atoms. The molecule has 2 heterocycles. The third-order valence-corrected chi connectivity index (χ3v) is 5.95. The molecule has 178 valence electrons. The van der Waals surface area contributed by atoms with Gasteiger partial charge in [-0.1, -0.05) is 17.9 Å². The Morgan fingerprint density at radius 3 is 2.56 bits per heavy atom. The Balaban J connectivity index is 1.61. The zero-order valence-corrected chi connectivity index (χ0v) is 19.5. The molecule has 8 heteroatoms. The predicted molar refractivity (Wildman–Crippen MR) is 126 cm³/mol. The van der Waals surface area contributed by atoms with E-state index in [0.717, 1.165) is 28.5 Å². The van der Waals surface area contributed by atoms with Crippen LogP contribution in [0.1, 0.15) is 40.9 Å². The van der Waals surface area contributed by atoms with E-state index in [1.54, 1.807) is 24.8 Å². The number of nitrogens with one attached hydrogen (secondary N) is 1. The highest BCUT2D eigenvalue weighted by molar-refractivity contribution is 5.99. The maximum atomic E-state index is 13.6. The second-order valence-corrected chi connectivity index (χ2v) is 9.21. The molecule has 1 amide bonds. The highest BCUT2D eigenvalue weighted by Crippen LogP contribution is 2.31. The molecule has 0 radical (unpaired) electrons. The Labute approximate surface area is 198 Å². The van der Waals surface area contributed by atoms with Crippen LogP contribution in [0.3, 0.4) is 0 Å². The average molecular weight is 467 g/mol. The summed E-state index contributed by atoms with van der Waals surface area (Å²) in [5.74, 6) is 4.47. The van der Waals surface area contributed by atoms with Gasteiger partial charge in [-0.2, -0.15) is 0 Å². The van der Waals surface area contributed by atoms with Gasteiger partial charge in [0.1, 0.15) is 17.2 Å². The molecule has 0 saturated carbocycles. The molecule has 2 aliphatic rings. The number of carbonyl (C=O) groups excluding carboxylic acids is 1. The van der Waals surface area contributed by atoms with Crippen molar-refractivity contribution in [3.63, 3.8) is 0 Å². The molecule has 1 atom stereocenters. The summed E-state index contributed by atoms with van der Waals surface area (Å²) in [6.45, 7) is 4.33. The van der Waals surface area contributed by atoms with Gasteiger partial charge in [-0.3, -0.25) is 4.79 Å². The van der Waals surface area contributed by atoms with Crippen molar-refractivity contribution in [3.8, 4) is 11.8 Å². The summed E-state index contributed by atoms with van der Waals surface area (Å²) < 4.78 is 27.3. The smallest absolute Gasteiger partial charge is 0.254 e. The third-order valence-electron chi connectivity index (χ3n) is 5.95. The van der Waals surface area contributed by atoms with Crippen LogP contribution in [0.25, 0.3) is 5.70 Å². The van der Waals surface area contributed by atoms with Crippen LogP contribution in [0.5, 0.6) is 0 Å². The fourth-order valence-corrected chi connectivity index (χ4v) is 4.37. The zero-order chi connectivity index (χ0) is 24.6. The summed E-state index contributed by atoms with van der Waals surface area (Å²) in [5, 5.41) is 11.9. The summed E-state index contributed by atoms with van der Waals surface area (Å²) in [4.78, 5) is 14.8. The van der Waals surface area contributed by atoms with E-state index in [4.69, 9.17) is 5.73 Å². The van der Waals surface area contributed by atoms with Gasteiger partial charge in [0.05, 0.1) is 12.2 Å². The van der Waals surface area contributed by atoms with Crippen molar-refractivity contribution in [2.24, 2.45) is 5.73 Å². The van der Waals surface area contributed by atoms with E-state index in [0.29, 0.717) is 24.2 Å². The topological polar surface area (TPSA) is 81.8 Å². The lowest BCUT2D eigenvalue weighted by Gasteiger charge is -2.26. The molecule has 6 nitrogen and oxygen atoms in total. The molecule has 0 aromatic heterocycles. The number of halogens is 2. The van der Waals surface area contributed by atoms with Gasteiger partial charge in [0.2, 0.25) is 0 Å². The van der Waals surface area contributed by atoms with E-state index in [-0.39, 0.29) is 18.9 Å². The fourth-order valence-electron chi connectivity index (χ4n) is 4.37. The maximum Gasteiger partial charge on any atom is 0.254 e. The minimum absolute atomic E-state index is 0.150. The summed E-state index contributed by atoms with van der Waals surface area (Å²) in [6, 6.07) is 8.60. The molecule has 0 saturated heterocycles. The van der Waals surface area contributed by atoms with E-state index >= 15 is 0 Å². The van der Waals surface area contributed by atoms with Gasteiger partial charge in [-0.05, 0) is 55.7 Å². The number of hydrogen-bond acceptors (Lipinski definition) is 5. The fraction of sp³-hybridized carbons (Fsp3) is 0.346. The van der Waals surface area contributed by atoms with Gasteiger partial charge in [-0.25, -0.2) is 14.2 Å². The SMILES string of the molecule is CN1NCC(C#CC(C)(C)O)=C1c1ccc2c(c1)CN([C@H](CN)Cc1cc(F)cc(F)c1)C2=O. The number of aliphatic hydroxyl groups is 1. The van der Waals surface area contributed by atoms with Crippen molar-refractivity contribution in [1.29, 1.82) is 0 Å². The van der Waals surface area contributed by atoms with Crippen molar-refractivity contribution in [2.75, 3.05) is 20.1 Å². The molecule has 4 N–H and O–H groups in total. The first-order valence-corrected chi connectivity index (χ1v) is 11.1. The van der Waals surface area contributed by atoms with Crippen LogP contribution in [0.15, 0.2) is 42.0 Å².